The SMILES string of the molecule is CCCCCCCCCCCC(CC(=O)[O-])OC(C)=O. The molecule has 0 heterocycles. The van der Waals surface area contributed by atoms with E-state index in [0.717, 1.165) is 12.8 Å². The van der Waals surface area contributed by atoms with Gasteiger partial charge >= 0.3 is 5.97 Å². The van der Waals surface area contributed by atoms with Crippen LogP contribution in [0.2, 0.25) is 0 Å². The van der Waals surface area contributed by atoms with Gasteiger partial charge in [-0.1, -0.05) is 58.3 Å². The van der Waals surface area contributed by atoms with Gasteiger partial charge in [0.2, 0.25) is 0 Å². The minimum absolute atomic E-state index is 0.198. The van der Waals surface area contributed by atoms with Crippen LogP contribution in [0.4, 0.5) is 0 Å². The average Bonchev–Trinajstić information content (AvgIpc) is 2.35. The van der Waals surface area contributed by atoms with Gasteiger partial charge in [0.25, 0.3) is 0 Å². The molecule has 0 saturated carbocycles. The number of carboxylic acid groups (broad SMARTS) is 1. The zero-order chi connectivity index (χ0) is 15.2. The Kier molecular flexibility index (Phi) is 12.3. The monoisotopic (exact) mass is 285 g/mol. The molecule has 0 aromatic carbocycles. The van der Waals surface area contributed by atoms with Gasteiger partial charge in [0.1, 0.15) is 6.10 Å². The molecule has 4 heteroatoms. The molecule has 0 amide bonds. The number of rotatable bonds is 13. The quantitative estimate of drug-likeness (QED) is 0.385. The fourth-order valence-corrected chi connectivity index (χ4v) is 2.31. The fraction of sp³-hybridized carbons (Fsp3) is 0.875. The van der Waals surface area contributed by atoms with E-state index in [0.29, 0.717) is 6.42 Å². The first kappa shape index (κ1) is 18.9. The molecular formula is C16H29O4-. The Bertz CT molecular complexity index is 247. The van der Waals surface area contributed by atoms with Crippen molar-refractivity contribution in [3.63, 3.8) is 0 Å². The molecular weight excluding hydrogens is 256 g/mol. The van der Waals surface area contributed by atoms with Gasteiger partial charge in [-0.15, -0.1) is 0 Å². The Morgan fingerprint density at radius 3 is 1.90 bits per heavy atom. The van der Waals surface area contributed by atoms with Crippen LogP contribution in [-0.4, -0.2) is 18.0 Å². The summed E-state index contributed by atoms with van der Waals surface area (Å²) < 4.78 is 4.97. The van der Waals surface area contributed by atoms with Gasteiger partial charge in [0.15, 0.2) is 0 Å². The molecule has 118 valence electrons. The van der Waals surface area contributed by atoms with Crippen molar-refractivity contribution < 1.29 is 19.4 Å². The normalized spacial score (nSPS) is 12.1. The highest BCUT2D eigenvalue weighted by atomic mass is 16.5. The molecule has 4 nitrogen and oxygen atoms in total. The van der Waals surface area contributed by atoms with Crippen molar-refractivity contribution in [2.24, 2.45) is 0 Å². The predicted molar refractivity (Wildman–Crippen MR) is 77.0 cm³/mol. The van der Waals surface area contributed by atoms with Crippen molar-refractivity contribution in [3.8, 4) is 0 Å². The minimum atomic E-state index is -1.16. The molecule has 0 aliphatic carbocycles. The van der Waals surface area contributed by atoms with Crippen molar-refractivity contribution in [1.82, 2.24) is 0 Å². The van der Waals surface area contributed by atoms with Crippen LogP contribution in [0, 0.1) is 0 Å². The van der Waals surface area contributed by atoms with Crippen molar-refractivity contribution in [1.29, 1.82) is 0 Å². The highest BCUT2D eigenvalue weighted by Crippen LogP contribution is 2.14. The first-order valence-electron chi connectivity index (χ1n) is 7.93. The van der Waals surface area contributed by atoms with Gasteiger partial charge < -0.3 is 14.6 Å². The topological polar surface area (TPSA) is 66.4 Å². The summed E-state index contributed by atoms with van der Waals surface area (Å²) in [6, 6.07) is 0. The van der Waals surface area contributed by atoms with E-state index >= 15 is 0 Å². The maximum atomic E-state index is 10.9. The summed E-state index contributed by atoms with van der Waals surface area (Å²) >= 11 is 0. The number of hydrogen-bond donors (Lipinski definition) is 0. The van der Waals surface area contributed by atoms with Crippen LogP contribution in [0.1, 0.15) is 84.5 Å². The van der Waals surface area contributed by atoms with Gasteiger partial charge in [0, 0.05) is 19.3 Å². The molecule has 20 heavy (non-hydrogen) atoms. The predicted octanol–water partition coefficient (Wildman–Crippen LogP) is 2.98. The Balaban J connectivity index is 3.53. The van der Waals surface area contributed by atoms with E-state index in [2.05, 4.69) is 6.92 Å². The van der Waals surface area contributed by atoms with Gasteiger partial charge in [-0.25, -0.2) is 0 Å². The lowest BCUT2D eigenvalue weighted by Gasteiger charge is -2.17. The number of hydrogen-bond acceptors (Lipinski definition) is 4. The first-order chi connectivity index (χ1) is 9.56. The molecule has 0 fully saturated rings. The number of aliphatic carboxylic acids is 1. The smallest absolute Gasteiger partial charge is 0.302 e. The summed E-state index contributed by atoms with van der Waals surface area (Å²) in [7, 11) is 0. The maximum absolute atomic E-state index is 10.9. The van der Waals surface area contributed by atoms with E-state index in [1.54, 1.807) is 0 Å². The third-order valence-electron chi connectivity index (χ3n) is 3.36. The van der Waals surface area contributed by atoms with E-state index < -0.39 is 18.0 Å². The molecule has 0 aromatic rings. The summed E-state index contributed by atoms with van der Waals surface area (Å²) in [5.41, 5.74) is 0. The minimum Gasteiger partial charge on any atom is -0.550 e. The summed E-state index contributed by atoms with van der Waals surface area (Å²) in [6.07, 6.45) is 10.8. The number of unbranched alkanes of at least 4 members (excludes halogenated alkanes) is 8. The molecule has 0 rings (SSSR count). The van der Waals surface area contributed by atoms with Crippen LogP contribution in [0.25, 0.3) is 0 Å². The number of carbonyl (C=O) groups is 2. The molecule has 0 bridgehead atoms. The lowest BCUT2D eigenvalue weighted by atomic mass is 10.0. The molecule has 0 saturated heterocycles. The number of esters is 1. The summed E-state index contributed by atoms with van der Waals surface area (Å²) in [5.74, 6) is -1.58. The number of ether oxygens (including phenoxy) is 1. The van der Waals surface area contributed by atoms with Crippen LogP contribution in [0.3, 0.4) is 0 Å². The zero-order valence-electron chi connectivity index (χ0n) is 13.0. The van der Waals surface area contributed by atoms with Gasteiger partial charge in [-0.05, 0) is 12.8 Å². The lowest BCUT2D eigenvalue weighted by molar-refractivity contribution is -0.307. The van der Waals surface area contributed by atoms with Crippen LogP contribution in [-0.2, 0) is 14.3 Å². The van der Waals surface area contributed by atoms with Crippen LogP contribution in [0.15, 0.2) is 0 Å². The van der Waals surface area contributed by atoms with Crippen LogP contribution in [0.5, 0.6) is 0 Å². The molecule has 0 N–H and O–H groups in total. The molecule has 1 atom stereocenters. The number of carboxylic acids is 1. The zero-order valence-corrected chi connectivity index (χ0v) is 13.0. The van der Waals surface area contributed by atoms with Crippen molar-refractivity contribution >= 4 is 11.9 Å². The second-order valence-corrected chi connectivity index (χ2v) is 5.42. The largest absolute Gasteiger partial charge is 0.550 e. The highest BCUT2D eigenvalue weighted by Gasteiger charge is 2.11. The standard InChI is InChI=1S/C16H30O4/c1-3-4-5-6-7-8-9-10-11-12-15(13-16(18)19)20-14(2)17/h15H,3-13H2,1-2H3,(H,18,19)/p-1. The van der Waals surface area contributed by atoms with E-state index in [-0.39, 0.29) is 6.42 Å². The molecule has 1 unspecified atom stereocenters. The summed E-state index contributed by atoms with van der Waals surface area (Å²) in [5, 5.41) is 10.5. The van der Waals surface area contributed by atoms with Crippen LogP contribution >= 0.6 is 0 Å². The Hall–Kier alpha value is -1.06. The van der Waals surface area contributed by atoms with Crippen molar-refractivity contribution in [2.45, 2.75) is 90.6 Å². The molecule has 0 aliphatic heterocycles. The average molecular weight is 285 g/mol. The van der Waals surface area contributed by atoms with Crippen LogP contribution < -0.4 is 5.11 Å². The fourth-order valence-electron chi connectivity index (χ4n) is 2.31. The van der Waals surface area contributed by atoms with Gasteiger partial charge in [-0.2, -0.15) is 0 Å². The van der Waals surface area contributed by atoms with E-state index in [1.807, 2.05) is 0 Å². The third kappa shape index (κ3) is 13.4. The van der Waals surface area contributed by atoms with Gasteiger partial charge in [0.05, 0.1) is 0 Å². The van der Waals surface area contributed by atoms with E-state index in [4.69, 9.17) is 4.74 Å². The lowest BCUT2D eigenvalue weighted by Crippen LogP contribution is -2.29. The van der Waals surface area contributed by atoms with Crippen molar-refractivity contribution in [2.75, 3.05) is 0 Å². The van der Waals surface area contributed by atoms with Gasteiger partial charge in [-0.3, -0.25) is 4.79 Å². The maximum Gasteiger partial charge on any atom is 0.302 e. The summed E-state index contributed by atoms with van der Waals surface area (Å²) in [6.45, 7) is 3.52. The third-order valence-corrected chi connectivity index (χ3v) is 3.36. The second kappa shape index (κ2) is 12.9. The van der Waals surface area contributed by atoms with E-state index in [9.17, 15) is 14.7 Å². The summed E-state index contributed by atoms with van der Waals surface area (Å²) in [4.78, 5) is 21.4. The first-order valence-corrected chi connectivity index (χ1v) is 7.93. The Morgan fingerprint density at radius 2 is 1.45 bits per heavy atom. The highest BCUT2D eigenvalue weighted by molar-refractivity contribution is 5.68. The van der Waals surface area contributed by atoms with E-state index in [1.165, 1.54) is 51.9 Å². The Morgan fingerprint density at radius 1 is 0.950 bits per heavy atom. The number of carbonyl (C=O) groups excluding carboxylic acids is 2. The molecule has 0 aliphatic rings. The Labute approximate surface area is 122 Å². The molecule has 0 aromatic heterocycles. The molecule has 0 spiro atoms. The van der Waals surface area contributed by atoms with Crippen molar-refractivity contribution in [3.05, 3.63) is 0 Å². The molecule has 0 radical (unpaired) electrons. The second-order valence-electron chi connectivity index (χ2n) is 5.42.